The third-order valence-corrected chi connectivity index (χ3v) is 1.14. The zero-order valence-electron chi connectivity index (χ0n) is 4.68. The van der Waals surface area contributed by atoms with Crippen molar-refractivity contribution >= 4 is 16.1 Å². The van der Waals surface area contributed by atoms with Crippen LogP contribution in [0.4, 0.5) is 5.82 Å². The highest BCUT2D eigenvalue weighted by atomic mass is 32.2. The molecule has 0 spiro atoms. The van der Waals surface area contributed by atoms with Crippen LogP contribution in [0.2, 0.25) is 0 Å². The second-order valence-electron chi connectivity index (χ2n) is 1.46. The molecule has 0 amide bonds. The van der Waals surface area contributed by atoms with Crippen LogP contribution in [0.25, 0.3) is 0 Å². The van der Waals surface area contributed by atoms with Crippen molar-refractivity contribution in [3.63, 3.8) is 0 Å². The summed E-state index contributed by atoms with van der Waals surface area (Å²) in [7, 11) is -4.22. The van der Waals surface area contributed by atoms with Gasteiger partial charge in [0.15, 0.2) is 5.82 Å². The average molecular weight is 164 g/mol. The Kier molecular flexibility index (Phi) is 1.60. The Morgan fingerprint density at radius 1 is 1.70 bits per heavy atom. The first-order chi connectivity index (χ1) is 4.58. The van der Waals surface area contributed by atoms with Gasteiger partial charge in [-0.25, -0.2) is 4.72 Å². The van der Waals surface area contributed by atoms with Gasteiger partial charge in [-0.05, 0) is 0 Å². The summed E-state index contributed by atoms with van der Waals surface area (Å²) in [6, 6.07) is 1.26. The fourth-order valence-corrected chi connectivity index (χ4v) is 0.767. The lowest BCUT2D eigenvalue weighted by atomic mass is 10.7. The minimum atomic E-state index is -4.22. The maximum Gasteiger partial charge on any atom is 0.358 e. The van der Waals surface area contributed by atoms with Gasteiger partial charge in [0.25, 0.3) is 0 Å². The van der Waals surface area contributed by atoms with E-state index >= 15 is 0 Å². The first-order valence-corrected chi connectivity index (χ1v) is 3.67. The maximum absolute atomic E-state index is 10.1. The molecule has 1 aromatic heterocycles. The van der Waals surface area contributed by atoms with E-state index in [4.69, 9.17) is 4.55 Å². The topological polar surface area (TPSA) is 92.4 Å². The number of aromatic nitrogens is 1. The Hall–Kier alpha value is -1.08. The summed E-state index contributed by atoms with van der Waals surface area (Å²) in [6.07, 6.45) is 1.17. The molecule has 1 heterocycles. The molecule has 0 fully saturated rings. The van der Waals surface area contributed by atoms with Crippen LogP contribution < -0.4 is 4.72 Å². The predicted octanol–water partition coefficient (Wildman–Crippen LogP) is -0.111. The van der Waals surface area contributed by atoms with Crippen molar-refractivity contribution < 1.29 is 17.5 Å². The number of rotatable bonds is 2. The Balaban J connectivity index is 2.75. The van der Waals surface area contributed by atoms with Crippen LogP contribution in [0.3, 0.4) is 0 Å². The predicted molar refractivity (Wildman–Crippen MR) is 31.7 cm³/mol. The fourth-order valence-electron chi connectivity index (χ4n) is 0.397. The van der Waals surface area contributed by atoms with Crippen molar-refractivity contribution in [3.05, 3.63) is 12.3 Å². The highest BCUT2D eigenvalue weighted by molar-refractivity contribution is 7.87. The molecular weight excluding hydrogens is 160 g/mol. The van der Waals surface area contributed by atoms with Crippen LogP contribution >= 0.6 is 0 Å². The third-order valence-electron chi connectivity index (χ3n) is 0.671. The van der Waals surface area contributed by atoms with Gasteiger partial charge in [0.2, 0.25) is 0 Å². The van der Waals surface area contributed by atoms with E-state index in [0.29, 0.717) is 0 Å². The molecule has 0 aromatic carbocycles. The van der Waals surface area contributed by atoms with E-state index in [1.807, 2.05) is 0 Å². The van der Waals surface area contributed by atoms with Gasteiger partial charge in [0.1, 0.15) is 6.26 Å². The van der Waals surface area contributed by atoms with Crippen molar-refractivity contribution in [3.8, 4) is 0 Å². The highest BCUT2D eigenvalue weighted by Crippen LogP contribution is 2.01. The molecule has 7 heteroatoms. The van der Waals surface area contributed by atoms with E-state index in [2.05, 4.69) is 9.68 Å². The van der Waals surface area contributed by atoms with E-state index in [1.165, 1.54) is 12.3 Å². The Morgan fingerprint density at radius 2 is 2.40 bits per heavy atom. The van der Waals surface area contributed by atoms with Crippen LogP contribution in [-0.2, 0) is 10.3 Å². The van der Waals surface area contributed by atoms with Crippen LogP contribution in [-0.4, -0.2) is 18.1 Å². The Labute approximate surface area is 56.7 Å². The van der Waals surface area contributed by atoms with E-state index in [1.54, 1.807) is 4.72 Å². The van der Waals surface area contributed by atoms with E-state index in [0.717, 1.165) is 0 Å². The smallest absolute Gasteiger partial charge is 0.358 e. The van der Waals surface area contributed by atoms with Crippen LogP contribution in [0, 0.1) is 0 Å². The SMILES string of the molecule is O=S(=O)(O)Nc1ccon1. The van der Waals surface area contributed by atoms with Crippen molar-refractivity contribution in [1.29, 1.82) is 0 Å². The monoisotopic (exact) mass is 164 g/mol. The van der Waals surface area contributed by atoms with Gasteiger partial charge in [-0.3, -0.25) is 4.55 Å². The van der Waals surface area contributed by atoms with Crippen LogP contribution in [0.5, 0.6) is 0 Å². The van der Waals surface area contributed by atoms with Gasteiger partial charge >= 0.3 is 10.3 Å². The highest BCUT2D eigenvalue weighted by Gasteiger charge is 2.04. The van der Waals surface area contributed by atoms with E-state index in [9.17, 15) is 8.42 Å². The molecule has 1 rings (SSSR count). The largest absolute Gasteiger partial charge is 0.363 e. The van der Waals surface area contributed by atoms with Crippen molar-refractivity contribution in [2.75, 3.05) is 4.72 Å². The lowest BCUT2D eigenvalue weighted by Crippen LogP contribution is -2.10. The quantitative estimate of drug-likeness (QED) is 0.595. The number of hydrogen-bond donors (Lipinski definition) is 2. The molecule has 10 heavy (non-hydrogen) atoms. The Bertz CT molecular complexity index is 288. The minimum Gasteiger partial charge on any atom is -0.363 e. The van der Waals surface area contributed by atoms with Gasteiger partial charge < -0.3 is 4.52 Å². The first kappa shape index (κ1) is 7.03. The second kappa shape index (κ2) is 2.27. The van der Waals surface area contributed by atoms with Crippen LogP contribution in [0.15, 0.2) is 16.9 Å². The molecule has 56 valence electrons. The molecule has 1 aromatic rings. The number of hydrogen-bond acceptors (Lipinski definition) is 4. The first-order valence-electron chi connectivity index (χ1n) is 2.23. The van der Waals surface area contributed by atoms with Gasteiger partial charge in [-0.1, -0.05) is 5.16 Å². The van der Waals surface area contributed by atoms with Crippen molar-refractivity contribution in [2.24, 2.45) is 0 Å². The lowest BCUT2D eigenvalue weighted by molar-refractivity contribution is 0.422. The second-order valence-corrected chi connectivity index (χ2v) is 2.62. The fraction of sp³-hybridized carbons (Fsp3) is 0. The molecule has 0 aliphatic carbocycles. The standard InChI is InChI=1S/C3H4N2O4S/c6-10(7,8)5-3-1-2-9-4-3/h1-2H,(H,4,5)(H,6,7,8). The summed E-state index contributed by atoms with van der Waals surface area (Å²) in [6.45, 7) is 0. The number of anilines is 1. The van der Waals surface area contributed by atoms with E-state index in [-0.39, 0.29) is 5.82 Å². The van der Waals surface area contributed by atoms with Crippen LogP contribution in [0.1, 0.15) is 0 Å². The molecule has 0 bridgehead atoms. The number of nitrogens with zero attached hydrogens (tertiary/aromatic N) is 1. The summed E-state index contributed by atoms with van der Waals surface area (Å²) in [5.41, 5.74) is 0. The molecule has 0 saturated carbocycles. The number of nitrogens with one attached hydrogen (secondary N) is 1. The third kappa shape index (κ3) is 2.03. The van der Waals surface area contributed by atoms with E-state index < -0.39 is 10.3 Å². The van der Waals surface area contributed by atoms with Gasteiger partial charge in [0.05, 0.1) is 0 Å². The summed E-state index contributed by atoms with van der Waals surface area (Å²) in [5.74, 6) is -0.0532. The molecule has 2 N–H and O–H groups in total. The summed E-state index contributed by atoms with van der Waals surface area (Å²) >= 11 is 0. The zero-order chi connectivity index (χ0) is 7.61. The minimum absolute atomic E-state index is 0.0532. The van der Waals surface area contributed by atoms with Gasteiger partial charge in [-0.15, -0.1) is 0 Å². The summed E-state index contributed by atoms with van der Waals surface area (Å²) in [5, 5.41) is 3.18. The van der Waals surface area contributed by atoms with Crippen molar-refractivity contribution in [1.82, 2.24) is 5.16 Å². The molecular formula is C3H4N2O4S. The summed E-state index contributed by atoms with van der Waals surface area (Å²) < 4.78 is 34.2. The normalized spacial score (nSPS) is 11.3. The molecule has 0 radical (unpaired) electrons. The lowest BCUT2D eigenvalue weighted by Gasteiger charge is -1.92. The molecule has 0 saturated heterocycles. The van der Waals surface area contributed by atoms with Gasteiger partial charge in [0, 0.05) is 6.07 Å². The van der Waals surface area contributed by atoms with Gasteiger partial charge in [-0.2, -0.15) is 8.42 Å². The molecule has 0 aliphatic rings. The zero-order valence-corrected chi connectivity index (χ0v) is 5.50. The molecule has 0 atom stereocenters. The van der Waals surface area contributed by atoms with Crippen molar-refractivity contribution in [2.45, 2.75) is 0 Å². The maximum atomic E-state index is 10.1. The average Bonchev–Trinajstić information content (AvgIpc) is 2.12. The molecule has 6 nitrogen and oxygen atoms in total. The molecule has 0 aliphatic heterocycles. The molecule has 0 unspecified atom stereocenters. The Morgan fingerprint density at radius 3 is 2.80 bits per heavy atom. The summed E-state index contributed by atoms with van der Waals surface area (Å²) in [4.78, 5) is 0.